The van der Waals surface area contributed by atoms with E-state index in [0.717, 1.165) is 16.7 Å². The number of benzene rings is 1. The highest BCUT2D eigenvalue weighted by Gasteiger charge is 2.18. The lowest BCUT2D eigenvalue weighted by molar-refractivity contribution is 0.581. The molecule has 0 amide bonds. The summed E-state index contributed by atoms with van der Waals surface area (Å²) in [5.41, 5.74) is 8.06. The summed E-state index contributed by atoms with van der Waals surface area (Å²) in [6.07, 6.45) is 3.30. The third-order valence-electron chi connectivity index (χ3n) is 3.12. The molecule has 0 radical (unpaired) electrons. The molecule has 2 rings (SSSR count). The topological polar surface area (TPSA) is 85.1 Å². The van der Waals surface area contributed by atoms with Crippen LogP contribution in [-0.2, 0) is 23.1 Å². The number of aromatic nitrogens is 1. The summed E-state index contributed by atoms with van der Waals surface area (Å²) in [6.45, 7) is 2.37. The minimum Gasteiger partial charge on any atom is -0.326 e. The van der Waals surface area contributed by atoms with E-state index < -0.39 is 10.0 Å². The van der Waals surface area contributed by atoms with Crippen molar-refractivity contribution < 1.29 is 8.42 Å². The Labute approximate surface area is 129 Å². The van der Waals surface area contributed by atoms with Crippen LogP contribution in [-0.4, -0.2) is 13.4 Å². The molecule has 0 aliphatic carbocycles. The van der Waals surface area contributed by atoms with E-state index in [9.17, 15) is 8.42 Å². The molecule has 1 aromatic carbocycles. The van der Waals surface area contributed by atoms with E-state index in [2.05, 4.69) is 9.71 Å². The maximum absolute atomic E-state index is 12.3. The molecule has 1 heterocycles. The van der Waals surface area contributed by atoms with E-state index >= 15 is 0 Å². The largest absolute Gasteiger partial charge is 0.326 e. The van der Waals surface area contributed by atoms with Gasteiger partial charge in [0.15, 0.2) is 0 Å². The lowest BCUT2D eigenvalue weighted by Crippen LogP contribution is -2.24. The lowest BCUT2D eigenvalue weighted by atomic mass is 10.2. The van der Waals surface area contributed by atoms with E-state index in [0.29, 0.717) is 6.54 Å². The molecular weight excluding hydrogens is 310 g/mol. The van der Waals surface area contributed by atoms with Gasteiger partial charge >= 0.3 is 0 Å². The van der Waals surface area contributed by atoms with E-state index in [4.69, 9.17) is 17.3 Å². The van der Waals surface area contributed by atoms with Gasteiger partial charge in [-0.3, -0.25) is 4.98 Å². The molecule has 0 bridgehead atoms. The molecular formula is C14H16ClN3O2S. The van der Waals surface area contributed by atoms with Crippen LogP contribution in [0.2, 0.25) is 5.02 Å². The fourth-order valence-corrected chi connectivity index (χ4v) is 3.39. The Bertz CT molecular complexity index is 748. The Morgan fingerprint density at radius 2 is 2.10 bits per heavy atom. The molecule has 0 aliphatic rings. The summed E-state index contributed by atoms with van der Waals surface area (Å²) in [4.78, 5) is 4.03. The van der Waals surface area contributed by atoms with Crippen LogP contribution >= 0.6 is 11.6 Å². The van der Waals surface area contributed by atoms with Gasteiger partial charge in [-0.15, -0.1) is 0 Å². The van der Waals surface area contributed by atoms with Crippen LogP contribution in [0.15, 0.2) is 41.6 Å². The molecule has 1 aromatic heterocycles. The number of pyridine rings is 1. The Morgan fingerprint density at radius 1 is 1.33 bits per heavy atom. The van der Waals surface area contributed by atoms with Crippen LogP contribution in [0.1, 0.15) is 16.7 Å². The molecule has 21 heavy (non-hydrogen) atoms. The molecule has 0 spiro atoms. The number of nitrogens with two attached hydrogens (primary N) is 1. The number of aryl methyl sites for hydroxylation is 1. The first-order valence-corrected chi connectivity index (χ1v) is 8.18. The predicted octanol–water partition coefficient (Wildman–Crippen LogP) is 1.98. The molecule has 7 heteroatoms. The second-order valence-electron chi connectivity index (χ2n) is 4.60. The predicted molar refractivity (Wildman–Crippen MR) is 82.3 cm³/mol. The number of sulfonamides is 1. The first-order chi connectivity index (χ1) is 9.94. The van der Waals surface area contributed by atoms with Gasteiger partial charge < -0.3 is 5.73 Å². The third kappa shape index (κ3) is 3.79. The van der Waals surface area contributed by atoms with Gasteiger partial charge in [0.1, 0.15) is 4.90 Å². The molecule has 2 aromatic rings. The van der Waals surface area contributed by atoms with E-state index in [1.807, 2.05) is 13.0 Å². The maximum Gasteiger partial charge on any atom is 0.242 e. The number of nitrogens with one attached hydrogen (secondary N) is 1. The van der Waals surface area contributed by atoms with Crippen LogP contribution < -0.4 is 10.5 Å². The fraction of sp³-hybridized carbons (Fsp3) is 0.214. The zero-order valence-corrected chi connectivity index (χ0v) is 13.1. The molecule has 0 saturated heterocycles. The van der Waals surface area contributed by atoms with Gasteiger partial charge in [0.2, 0.25) is 10.0 Å². The Hall–Kier alpha value is -1.47. The minimum absolute atomic E-state index is 0.0444. The summed E-state index contributed by atoms with van der Waals surface area (Å²) < 4.78 is 27.1. The van der Waals surface area contributed by atoms with Gasteiger partial charge in [-0.2, -0.15) is 0 Å². The van der Waals surface area contributed by atoms with Gasteiger partial charge in [0, 0.05) is 25.5 Å². The van der Waals surface area contributed by atoms with Crippen molar-refractivity contribution in [1.29, 1.82) is 0 Å². The molecule has 0 aliphatic heterocycles. The second-order valence-corrected chi connectivity index (χ2v) is 6.74. The van der Waals surface area contributed by atoms with Crippen LogP contribution in [0, 0.1) is 6.92 Å². The van der Waals surface area contributed by atoms with Gasteiger partial charge in [-0.25, -0.2) is 13.1 Å². The van der Waals surface area contributed by atoms with Gasteiger partial charge in [-0.05, 0) is 41.8 Å². The Balaban J connectivity index is 2.21. The zero-order chi connectivity index (χ0) is 15.5. The standard InChI is InChI=1S/C14H16ClN3O2S/c1-10-4-5-17-8-12(10)9-18-21(19,20)14-3-2-11(7-16)6-13(14)15/h2-6,8,18H,7,9,16H2,1H3. The first-order valence-electron chi connectivity index (χ1n) is 6.31. The smallest absolute Gasteiger partial charge is 0.242 e. The number of halogens is 1. The molecule has 3 N–H and O–H groups in total. The van der Waals surface area contributed by atoms with Crippen LogP contribution in [0.3, 0.4) is 0 Å². The van der Waals surface area contributed by atoms with Crippen molar-refractivity contribution in [3.05, 3.63) is 58.4 Å². The molecule has 0 atom stereocenters. The van der Waals surface area contributed by atoms with Crippen LogP contribution in [0.4, 0.5) is 0 Å². The van der Waals surface area contributed by atoms with E-state index in [-0.39, 0.29) is 16.5 Å². The normalized spacial score (nSPS) is 11.6. The fourth-order valence-electron chi connectivity index (χ4n) is 1.82. The quantitative estimate of drug-likeness (QED) is 0.880. The summed E-state index contributed by atoms with van der Waals surface area (Å²) in [7, 11) is -3.68. The minimum atomic E-state index is -3.68. The summed E-state index contributed by atoms with van der Waals surface area (Å²) >= 11 is 6.02. The van der Waals surface area contributed by atoms with Crippen molar-refractivity contribution in [1.82, 2.24) is 9.71 Å². The Kier molecular flexibility index (Phi) is 4.95. The molecule has 5 nitrogen and oxygen atoms in total. The van der Waals surface area contributed by atoms with E-state index in [1.165, 1.54) is 6.07 Å². The lowest BCUT2D eigenvalue weighted by Gasteiger charge is -2.10. The zero-order valence-electron chi connectivity index (χ0n) is 11.5. The second kappa shape index (κ2) is 6.53. The monoisotopic (exact) mass is 325 g/mol. The first kappa shape index (κ1) is 15.9. The number of rotatable bonds is 5. The van der Waals surface area contributed by atoms with Gasteiger partial charge in [0.05, 0.1) is 5.02 Å². The van der Waals surface area contributed by atoms with Gasteiger partial charge in [-0.1, -0.05) is 17.7 Å². The van der Waals surface area contributed by atoms with Crippen molar-refractivity contribution in [2.75, 3.05) is 0 Å². The number of hydrogen-bond acceptors (Lipinski definition) is 4. The van der Waals surface area contributed by atoms with Crippen LogP contribution in [0.25, 0.3) is 0 Å². The average Bonchev–Trinajstić information content (AvgIpc) is 2.46. The Morgan fingerprint density at radius 3 is 2.71 bits per heavy atom. The average molecular weight is 326 g/mol. The molecule has 112 valence electrons. The third-order valence-corrected chi connectivity index (χ3v) is 5.01. The number of nitrogens with zero attached hydrogens (tertiary/aromatic N) is 1. The van der Waals surface area contributed by atoms with Gasteiger partial charge in [0.25, 0.3) is 0 Å². The molecule has 0 saturated carbocycles. The van der Waals surface area contributed by atoms with Crippen molar-refractivity contribution >= 4 is 21.6 Å². The van der Waals surface area contributed by atoms with Crippen molar-refractivity contribution in [2.24, 2.45) is 5.73 Å². The van der Waals surface area contributed by atoms with Crippen molar-refractivity contribution in [3.63, 3.8) is 0 Å². The molecule has 0 unspecified atom stereocenters. The number of hydrogen-bond donors (Lipinski definition) is 2. The van der Waals surface area contributed by atoms with Crippen LogP contribution in [0.5, 0.6) is 0 Å². The molecule has 0 fully saturated rings. The van der Waals surface area contributed by atoms with Crippen molar-refractivity contribution in [3.8, 4) is 0 Å². The summed E-state index contributed by atoms with van der Waals surface area (Å²) in [6, 6.07) is 6.50. The highest BCUT2D eigenvalue weighted by molar-refractivity contribution is 7.89. The maximum atomic E-state index is 12.3. The highest BCUT2D eigenvalue weighted by Crippen LogP contribution is 2.22. The summed E-state index contributed by atoms with van der Waals surface area (Å²) in [5, 5.41) is 0.161. The van der Waals surface area contributed by atoms with Crippen molar-refractivity contribution in [2.45, 2.75) is 24.9 Å². The SMILES string of the molecule is Cc1ccncc1CNS(=O)(=O)c1ccc(CN)cc1Cl. The highest BCUT2D eigenvalue weighted by atomic mass is 35.5. The summed E-state index contributed by atoms with van der Waals surface area (Å²) in [5.74, 6) is 0. The van der Waals surface area contributed by atoms with E-state index in [1.54, 1.807) is 24.5 Å².